The maximum absolute atomic E-state index is 13.6. The van der Waals surface area contributed by atoms with Gasteiger partial charge in [-0.1, -0.05) is 18.5 Å². The van der Waals surface area contributed by atoms with Crippen LogP contribution in [0.4, 0.5) is 17.6 Å². The van der Waals surface area contributed by atoms with Gasteiger partial charge in [-0.2, -0.15) is 8.78 Å². The number of nitrogens with zero attached hydrogens (tertiary/aromatic N) is 3. The number of alkyl halides is 4. The smallest absolute Gasteiger partial charge is 0.334 e. The van der Waals surface area contributed by atoms with E-state index in [2.05, 4.69) is 30.7 Å². The molecule has 0 aliphatic heterocycles. The Bertz CT molecular complexity index is 738. The Balaban J connectivity index is 2.73. The summed E-state index contributed by atoms with van der Waals surface area (Å²) in [5.74, 6) is -6.97. The molecule has 0 bridgehead atoms. The molecular formula is C11H7BrClF4N3O2. The highest BCUT2D eigenvalue weighted by Gasteiger charge is 2.48. The number of hydrogen-bond donors (Lipinski definition) is 0. The van der Waals surface area contributed by atoms with Crippen molar-refractivity contribution in [2.45, 2.75) is 25.7 Å². The van der Waals surface area contributed by atoms with Crippen LogP contribution in [0.2, 0.25) is 5.15 Å². The van der Waals surface area contributed by atoms with Crippen molar-refractivity contribution < 1.29 is 27.2 Å². The van der Waals surface area contributed by atoms with Gasteiger partial charge >= 0.3 is 18.3 Å². The van der Waals surface area contributed by atoms with Crippen molar-refractivity contribution in [3.8, 4) is 0 Å². The van der Waals surface area contributed by atoms with E-state index in [1.807, 2.05) is 0 Å². The lowest BCUT2D eigenvalue weighted by atomic mass is 10.3. The van der Waals surface area contributed by atoms with Crippen LogP contribution in [0.15, 0.2) is 10.5 Å². The summed E-state index contributed by atoms with van der Waals surface area (Å²) < 4.78 is 52.9. The second-order valence-electron chi connectivity index (χ2n) is 4.07. The molecule has 0 saturated carbocycles. The highest BCUT2D eigenvalue weighted by Crippen LogP contribution is 2.36. The van der Waals surface area contributed by atoms with E-state index in [9.17, 15) is 22.4 Å². The minimum atomic E-state index is -4.63. The third-order valence-corrected chi connectivity index (χ3v) is 3.69. The Morgan fingerprint density at radius 3 is 2.68 bits per heavy atom. The summed E-state index contributed by atoms with van der Waals surface area (Å²) in [6, 6.07) is 1.19. The molecule has 0 fully saturated rings. The molecule has 0 spiro atoms. The average molecular weight is 405 g/mol. The highest BCUT2D eigenvalue weighted by molar-refractivity contribution is 9.10. The Hall–Kier alpha value is -1.42. The number of carbonyl (C=O) groups excluding carboxylic acids is 1. The van der Waals surface area contributed by atoms with Gasteiger partial charge in [0, 0.05) is 6.42 Å². The van der Waals surface area contributed by atoms with E-state index in [0.717, 1.165) is 0 Å². The molecule has 0 aromatic carbocycles. The minimum absolute atomic E-state index is 0.106. The predicted octanol–water partition coefficient (Wildman–Crippen LogP) is 3.57. The van der Waals surface area contributed by atoms with E-state index in [-0.39, 0.29) is 31.9 Å². The lowest BCUT2D eigenvalue weighted by Gasteiger charge is -2.15. The molecule has 0 aliphatic rings. The monoisotopic (exact) mass is 403 g/mol. The molecule has 120 valence electrons. The first kappa shape index (κ1) is 16.9. The summed E-state index contributed by atoms with van der Waals surface area (Å²) in [4.78, 5) is 23.1. The molecule has 0 aliphatic carbocycles. The molecule has 22 heavy (non-hydrogen) atoms. The van der Waals surface area contributed by atoms with E-state index in [1.165, 1.54) is 13.0 Å². The number of pyridine rings is 1. The molecule has 2 aromatic rings. The number of hydrogen-bond acceptors (Lipinski definition) is 4. The number of halogens is 6. The molecule has 0 radical (unpaired) electrons. The summed E-state index contributed by atoms with van der Waals surface area (Å²) >= 11 is 8.72. The third kappa shape index (κ3) is 2.89. The topological polar surface area (TPSA) is 57.0 Å². The van der Waals surface area contributed by atoms with Gasteiger partial charge < -0.3 is 4.84 Å². The zero-order valence-corrected chi connectivity index (χ0v) is 13.1. The third-order valence-electron chi connectivity index (χ3n) is 2.57. The van der Waals surface area contributed by atoms with Crippen LogP contribution < -0.4 is 4.84 Å². The van der Waals surface area contributed by atoms with Crippen LogP contribution in [0.25, 0.3) is 11.2 Å². The van der Waals surface area contributed by atoms with E-state index in [0.29, 0.717) is 0 Å². The molecule has 2 aromatic heterocycles. The van der Waals surface area contributed by atoms with E-state index < -0.39 is 24.1 Å². The summed E-state index contributed by atoms with van der Waals surface area (Å²) in [7, 11) is 0. The maximum Gasteiger partial charge on any atom is 0.367 e. The first-order valence-corrected chi connectivity index (χ1v) is 6.97. The fourth-order valence-electron chi connectivity index (χ4n) is 1.51. The Kier molecular flexibility index (Phi) is 4.62. The lowest BCUT2D eigenvalue weighted by Crippen LogP contribution is -2.32. The standard InChI is InChI=1S/C11H7BrClF4N3O2/c1-2-6(21)22-20-5-3-4(12)7(13)18-8(5)19-10(20)11(16,17)9(14)15/h3,9H,2H2,1H3. The number of fused-ring (bicyclic) bond motifs is 1. The molecule has 2 heterocycles. The molecule has 0 N–H and O–H groups in total. The highest BCUT2D eigenvalue weighted by atomic mass is 79.9. The van der Waals surface area contributed by atoms with Gasteiger partial charge in [0.15, 0.2) is 5.65 Å². The van der Waals surface area contributed by atoms with Crippen molar-refractivity contribution >= 4 is 44.7 Å². The van der Waals surface area contributed by atoms with Gasteiger partial charge in [0.2, 0.25) is 5.82 Å². The lowest BCUT2D eigenvalue weighted by molar-refractivity contribution is -0.158. The summed E-state index contributed by atoms with van der Waals surface area (Å²) in [6.07, 6.45) is -4.19. The molecule has 0 unspecified atom stereocenters. The van der Waals surface area contributed by atoms with Gasteiger partial charge in [0.05, 0.1) is 4.47 Å². The first-order valence-electron chi connectivity index (χ1n) is 5.80. The van der Waals surface area contributed by atoms with Gasteiger partial charge in [-0.15, -0.1) is 4.73 Å². The fourth-order valence-corrected chi connectivity index (χ4v) is 1.95. The van der Waals surface area contributed by atoms with Crippen molar-refractivity contribution in [3.05, 3.63) is 21.5 Å². The van der Waals surface area contributed by atoms with Gasteiger partial charge in [0.1, 0.15) is 10.7 Å². The number of aromatic nitrogens is 3. The quantitative estimate of drug-likeness (QED) is 0.577. The van der Waals surface area contributed by atoms with Crippen LogP contribution in [0.3, 0.4) is 0 Å². The molecular weight excluding hydrogens is 397 g/mol. The van der Waals surface area contributed by atoms with Crippen molar-refractivity contribution in [3.63, 3.8) is 0 Å². The number of imidazole rings is 1. The molecule has 0 amide bonds. The van der Waals surface area contributed by atoms with E-state index in [4.69, 9.17) is 11.6 Å². The largest absolute Gasteiger partial charge is 0.367 e. The summed E-state index contributed by atoms with van der Waals surface area (Å²) in [5.41, 5.74) is -0.555. The van der Waals surface area contributed by atoms with Crippen LogP contribution in [0.1, 0.15) is 19.2 Å². The maximum atomic E-state index is 13.6. The minimum Gasteiger partial charge on any atom is -0.334 e. The summed E-state index contributed by atoms with van der Waals surface area (Å²) in [6.45, 7) is 1.41. The SMILES string of the molecule is CCC(=O)On1c(C(F)(F)C(F)F)nc2nc(Cl)c(Br)cc21. The van der Waals surface area contributed by atoms with Gasteiger partial charge in [-0.25, -0.2) is 23.5 Å². The fraction of sp³-hybridized carbons (Fsp3) is 0.364. The van der Waals surface area contributed by atoms with Crippen molar-refractivity contribution in [2.75, 3.05) is 0 Å². The zero-order chi connectivity index (χ0) is 16.7. The van der Waals surface area contributed by atoms with Crippen molar-refractivity contribution in [2.24, 2.45) is 0 Å². The van der Waals surface area contributed by atoms with Gasteiger partial charge in [-0.05, 0) is 22.0 Å². The second kappa shape index (κ2) is 5.99. The Labute approximate surface area is 134 Å². The molecule has 5 nitrogen and oxygen atoms in total. The van der Waals surface area contributed by atoms with Crippen LogP contribution in [-0.4, -0.2) is 27.1 Å². The second-order valence-corrected chi connectivity index (χ2v) is 5.29. The zero-order valence-electron chi connectivity index (χ0n) is 10.8. The summed E-state index contributed by atoms with van der Waals surface area (Å²) in [5, 5.41) is -0.106. The number of carbonyl (C=O) groups is 1. The normalized spacial score (nSPS) is 12.2. The predicted molar refractivity (Wildman–Crippen MR) is 72.0 cm³/mol. The van der Waals surface area contributed by atoms with Crippen LogP contribution in [-0.2, 0) is 10.7 Å². The van der Waals surface area contributed by atoms with Crippen LogP contribution >= 0.6 is 27.5 Å². The van der Waals surface area contributed by atoms with E-state index in [1.54, 1.807) is 0 Å². The first-order chi connectivity index (χ1) is 10.2. The van der Waals surface area contributed by atoms with Crippen LogP contribution in [0, 0.1) is 0 Å². The Morgan fingerprint density at radius 1 is 1.50 bits per heavy atom. The molecule has 11 heteroatoms. The van der Waals surface area contributed by atoms with Crippen molar-refractivity contribution in [1.29, 1.82) is 0 Å². The van der Waals surface area contributed by atoms with Gasteiger partial charge in [0.25, 0.3) is 0 Å². The average Bonchev–Trinajstić information content (AvgIpc) is 2.78. The number of rotatable bonds is 4. The molecule has 2 rings (SSSR count). The van der Waals surface area contributed by atoms with E-state index >= 15 is 0 Å². The van der Waals surface area contributed by atoms with Gasteiger partial charge in [-0.3, -0.25) is 0 Å². The van der Waals surface area contributed by atoms with Crippen LogP contribution in [0.5, 0.6) is 0 Å². The molecule has 0 atom stereocenters. The van der Waals surface area contributed by atoms with Crippen molar-refractivity contribution in [1.82, 2.24) is 14.7 Å². The Morgan fingerprint density at radius 2 is 2.14 bits per heavy atom. The molecule has 0 saturated heterocycles.